The third-order valence-corrected chi connectivity index (χ3v) is 5.69. The molecule has 1 atom stereocenters. The first-order valence-corrected chi connectivity index (χ1v) is 8.44. The number of alkyl halides is 3. The minimum absolute atomic E-state index is 0.380. The highest BCUT2D eigenvalue weighted by molar-refractivity contribution is 7.41. The number of halogens is 3. The van der Waals surface area contributed by atoms with Crippen LogP contribution in [0.4, 0.5) is 13.2 Å². The van der Waals surface area contributed by atoms with E-state index in [1.165, 1.54) is 0 Å². The van der Waals surface area contributed by atoms with E-state index in [1.54, 1.807) is 36.4 Å². The van der Waals surface area contributed by atoms with Crippen LogP contribution < -0.4 is 0 Å². The molecule has 22 heavy (non-hydrogen) atoms. The molecule has 3 rings (SSSR count). The average molecular weight is 321 g/mol. The SMILES string of the molecule is CCCc1cccc(-c2cc3ccccc3[s+]2C(F)(F)F)c1. The van der Waals surface area contributed by atoms with Crippen LogP contribution in [0.15, 0.2) is 54.6 Å². The van der Waals surface area contributed by atoms with Gasteiger partial charge in [0.1, 0.15) is 10.5 Å². The van der Waals surface area contributed by atoms with E-state index in [4.69, 9.17) is 0 Å². The van der Waals surface area contributed by atoms with Crippen molar-refractivity contribution in [1.29, 1.82) is 0 Å². The fourth-order valence-corrected chi connectivity index (χ4v) is 4.64. The minimum atomic E-state index is -4.25. The van der Waals surface area contributed by atoms with Crippen molar-refractivity contribution in [2.75, 3.05) is 0 Å². The Balaban J connectivity index is 2.24. The monoisotopic (exact) mass is 321 g/mol. The zero-order chi connectivity index (χ0) is 15.7. The maximum atomic E-state index is 13.6. The van der Waals surface area contributed by atoms with Crippen LogP contribution in [0, 0.1) is 0 Å². The van der Waals surface area contributed by atoms with Crippen molar-refractivity contribution >= 4 is 20.6 Å². The van der Waals surface area contributed by atoms with Crippen molar-refractivity contribution in [2.24, 2.45) is 0 Å². The van der Waals surface area contributed by atoms with Gasteiger partial charge in [-0.3, -0.25) is 0 Å². The molecule has 0 N–H and O–H groups in total. The first-order valence-electron chi connectivity index (χ1n) is 7.22. The summed E-state index contributed by atoms with van der Waals surface area (Å²) < 4.78 is 41.2. The number of thiophene rings is 1. The van der Waals surface area contributed by atoms with E-state index in [0.29, 0.717) is 20.5 Å². The highest BCUT2D eigenvalue weighted by Crippen LogP contribution is 2.54. The largest absolute Gasteiger partial charge is 0.601 e. The molecule has 3 aromatic rings. The fraction of sp³-hybridized carbons (Fsp3) is 0.222. The number of hydrogen-bond acceptors (Lipinski definition) is 0. The summed E-state index contributed by atoms with van der Waals surface area (Å²) in [5.41, 5.74) is -2.48. The van der Waals surface area contributed by atoms with E-state index in [2.05, 4.69) is 6.92 Å². The second-order valence-electron chi connectivity index (χ2n) is 5.25. The van der Waals surface area contributed by atoms with Crippen molar-refractivity contribution < 1.29 is 13.2 Å². The summed E-state index contributed by atoms with van der Waals surface area (Å²) in [5, 5.41) is 0.680. The lowest BCUT2D eigenvalue weighted by Crippen LogP contribution is -1.96. The van der Waals surface area contributed by atoms with Crippen LogP contribution in [0.1, 0.15) is 18.9 Å². The van der Waals surface area contributed by atoms with Gasteiger partial charge in [-0.15, -0.1) is 13.2 Å². The van der Waals surface area contributed by atoms with Crippen LogP contribution in [-0.2, 0) is 11.9 Å². The molecule has 0 fully saturated rings. The molecule has 1 unspecified atom stereocenters. The van der Waals surface area contributed by atoms with E-state index in [0.717, 1.165) is 18.4 Å². The molecule has 0 radical (unpaired) electrons. The molecule has 0 aliphatic heterocycles. The Morgan fingerprint density at radius 1 is 0.955 bits per heavy atom. The summed E-state index contributed by atoms with van der Waals surface area (Å²) in [6.45, 7) is 2.07. The number of benzene rings is 2. The van der Waals surface area contributed by atoms with Gasteiger partial charge in [0.25, 0.3) is 0 Å². The van der Waals surface area contributed by atoms with E-state index in [-0.39, 0.29) is 0 Å². The third-order valence-electron chi connectivity index (χ3n) is 3.63. The number of aryl methyl sites for hydroxylation is 1. The highest BCUT2D eigenvalue weighted by Gasteiger charge is 2.48. The summed E-state index contributed by atoms with van der Waals surface area (Å²) in [6.07, 6.45) is 1.86. The van der Waals surface area contributed by atoms with E-state index < -0.39 is 16.0 Å². The molecule has 0 saturated heterocycles. The lowest BCUT2D eigenvalue weighted by Gasteiger charge is -2.03. The Morgan fingerprint density at radius 2 is 1.73 bits per heavy atom. The number of hydrogen-bond donors (Lipinski definition) is 0. The van der Waals surface area contributed by atoms with Gasteiger partial charge >= 0.3 is 5.51 Å². The Morgan fingerprint density at radius 3 is 2.45 bits per heavy atom. The van der Waals surface area contributed by atoms with Gasteiger partial charge in [0, 0.05) is 17.0 Å². The molecule has 0 aliphatic rings. The molecule has 0 amide bonds. The lowest BCUT2D eigenvalue weighted by atomic mass is 10.1. The predicted octanol–water partition coefficient (Wildman–Crippen LogP) is 6.68. The minimum Gasteiger partial charge on any atom is -0.118 e. The van der Waals surface area contributed by atoms with Crippen LogP contribution >= 0.6 is 10.5 Å². The van der Waals surface area contributed by atoms with Gasteiger partial charge < -0.3 is 0 Å². The van der Waals surface area contributed by atoms with E-state index >= 15 is 0 Å². The second-order valence-corrected chi connectivity index (χ2v) is 7.20. The normalized spacial score (nSPS) is 12.8. The first kappa shape index (κ1) is 15.1. The average Bonchev–Trinajstić information content (AvgIpc) is 2.87. The van der Waals surface area contributed by atoms with Crippen molar-refractivity contribution in [2.45, 2.75) is 25.3 Å². The number of fused-ring (bicyclic) bond motifs is 1. The van der Waals surface area contributed by atoms with Crippen LogP contribution in [0.2, 0.25) is 0 Å². The summed E-state index contributed by atoms with van der Waals surface area (Å²) in [5.74, 6) is 0. The Labute approximate surface area is 130 Å². The summed E-state index contributed by atoms with van der Waals surface area (Å²) in [6, 6.07) is 16.0. The third kappa shape index (κ3) is 2.75. The molecule has 114 valence electrons. The second kappa shape index (κ2) is 5.76. The van der Waals surface area contributed by atoms with Crippen LogP contribution in [0.3, 0.4) is 0 Å². The molecule has 0 saturated carbocycles. The maximum Gasteiger partial charge on any atom is 0.601 e. The van der Waals surface area contributed by atoms with Crippen molar-refractivity contribution in [1.82, 2.24) is 0 Å². The van der Waals surface area contributed by atoms with Gasteiger partial charge in [-0.1, -0.05) is 37.6 Å². The highest BCUT2D eigenvalue weighted by atomic mass is 32.2. The molecule has 4 heteroatoms. The molecular formula is C18H16F3S+. The quantitative estimate of drug-likeness (QED) is 0.472. The molecular weight excluding hydrogens is 305 g/mol. The fourth-order valence-electron chi connectivity index (χ4n) is 2.72. The Hall–Kier alpha value is -1.81. The van der Waals surface area contributed by atoms with Crippen LogP contribution in [0.25, 0.3) is 20.5 Å². The molecule has 1 heterocycles. The molecule has 0 nitrogen and oxygen atoms in total. The van der Waals surface area contributed by atoms with E-state index in [1.807, 2.05) is 18.2 Å². The van der Waals surface area contributed by atoms with E-state index in [9.17, 15) is 13.2 Å². The predicted molar refractivity (Wildman–Crippen MR) is 87.2 cm³/mol. The van der Waals surface area contributed by atoms with Crippen molar-refractivity contribution in [3.8, 4) is 10.4 Å². The Kier molecular flexibility index (Phi) is 3.96. The summed E-state index contributed by atoms with van der Waals surface area (Å²) in [7, 11) is -1.86. The lowest BCUT2D eigenvalue weighted by molar-refractivity contribution is -0.0864. The topological polar surface area (TPSA) is 0 Å². The molecule has 0 aliphatic carbocycles. The zero-order valence-electron chi connectivity index (χ0n) is 12.2. The van der Waals surface area contributed by atoms with Gasteiger partial charge in [-0.2, -0.15) is 0 Å². The summed E-state index contributed by atoms with van der Waals surface area (Å²) >= 11 is 0. The summed E-state index contributed by atoms with van der Waals surface area (Å²) in [4.78, 5) is 0.381. The van der Waals surface area contributed by atoms with Gasteiger partial charge in [0.05, 0.1) is 0 Å². The Bertz CT molecular complexity index is 799. The first-order chi connectivity index (χ1) is 10.5. The maximum absolute atomic E-state index is 13.6. The zero-order valence-corrected chi connectivity index (χ0v) is 13.0. The van der Waals surface area contributed by atoms with Crippen molar-refractivity contribution in [3.05, 3.63) is 60.2 Å². The van der Waals surface area contributed by atoms with Gasteiger partial charge in [-0.05, 0) is 36.2 Å². The number of rotatable bonds is 3. The van der Waals surface area contributed by atoms with Crippen LogP contribution in [0.5, 0.6) is 0 Å². The van der Waals surface area contributed by atoms with Gasteiger partial charge in [-0.25, -0.2) is 0 Å². The van der Waals surface area contributed by atoms with Crippen molar-refractivity contribution in [3.63, 3.8) is 0 Å². The van der Waals surface area contributed by atoms with Gasteiger partial charge in [0.15, 0.2) is 9.58 Å². The molecule has 1 aromatic heterocycles. The standard InChI is InChI=1S/C18H16F3S/c1-2-6-13-7-5-9-14(11-13)17-12-15-8-3-4-10-16(15)22(17)18(19,20)21/h3-5,7-12H,2,6H2,1H3/q+1. The molecule has 2 aromatic carbocycles. The van der Waals surface area contributed by atoms with Crippen LogP contribution in [-0.4, -0.2) is 0 Å². The molecule has 0 bridgehead atoms. The molecule has 0 spiro atoms. The smallest absolute Gasteiger partial charge is 0.118 e. The van der Waals surface area contributed by atoms with Gasteiger partial charge in [0.2, 0.25) is 0 Å².